The molecule has 0 N–H and O–H groups in total. The normalized spacial score (nSPS) is 16.8. The van der Waals surface area contributed by atoms with Gasteiger partial charge in [0.1, 0.15) is 0 Å². The fraction of sp³-hybridized carbons (Fsp3) is 0.647. The van der Waals surface area contributed by atoms with Gasteiger partial charge < -0.3 is 0 Å². The van der Waals surface area contributed by atoms with Gasteiger partial charge in [0.2, 0.25) is 0 Å². The highest BCUT2D eigenvalue weighted by Gasteiger charge is 2.13. The maximum absolute atomic E-state index is 2.28. The van der Waals surface area contributed by atoms with E-state index in [1.807, 2.05) is 13.8 Å². The first-order valence-corrected chi connectivity index (χ1v) is 7.47. The smallest absolute Gasteiger partial charge is 0.0523 e. The van der Waals surface area contributed by atoms with Gasteiger partial charge in [-0.3, -0.25) is 14.7 Å². The van der Waals surface area contributed by atoms with Crippen LogP contribution in [-0.4, -0.2) is 55.8 Å². The van der Waals surface area contributed by atoms with Crippen LogP contribution in [0.1, 0.15) is 30.5 Å². The molecule has 0 aromatic heterocycles. The van der Waals surface area contributed by atoms with Crippen LogP contribution >= 0.6 is 0 Å². The molecule has 3 heteroatoms. The number of rotatable bonds is 0. The monoisotopic (exact) mass is 279 g/mol. The Bertz CT molecular complexity index is 301. The van der Waals surface area contributed by atoms with Crippen molar-refractivity contribution in [2.75, 3.05) is 41.1 Å². The molecule has 0 unspecified atom stereocenters. The van der Waals surface area contributed by atoms with E-state index in [1.165, 1.54) is 16.7 Å². The van der Waals surface area contributed by atoms with Gasteiger partial charge in [-0.1, -0.05) is 48.7 Å². The fourth-order valence-electron chi connectivity index (χ4n) is 2.57. The highest BCUT2D eigenvalue weighted by atomic mass is 15.5. The van der Waals surface area contributed by atoms with E-state index in [1.54, 1.807) is 0 Å². The Hall–Kier alpha value is -0.900. The summed E-state index contributed by atoms with van der Waals surface area (Å²) in [5.74, 6) is 0. The van der Waals surface area contributed by atoms with Crippen molar-refractivity contribution in [3.8, 4) is 0 Å². The quantitative estimate of drug-likeness (QED) is 0.721. The van der Waals surface area contributed by atoms with Crippen molar-refractivity contribution in [2.24, 2.45) is 0 Å². The molecule has 1 fully saturated rings. The summed E-state index contributed by atoms with van der Waals surface area (Å²) in [5, 5.41) is 0. The van der Waals surface area contributed by atoms with Crippen LogP contribution in [-0.2, 0) is 0 Å². The third-order valence-corrected chi connectivity index (χ3v) is 2.81. The molecule has 0 amide bonds. The Labute approximate surface area is 126 Å². The summed E-state index contributed by atoms with van der Waals surface area (Å²) in [6, 6.07) is 6.56. The average molecular weight is 279 g/mol. The molecule has 1 aromatic rings. The Balaban J connectivity index is 0.000000321. The van der Waals surface area contributed by atoms with Gasteiger partial charge in [-0.25, -0.2) is 0 Å². The summed E-state index contributed by atoms with van der Waals surface area (Å²) in [6.45, 7) is 13.6. The molecule has 0 spiro atoms. The van der Waals surface area contributed by atoms with Crippen LogP contribution in [0.4, 0.5) is 0 Å². The third kappa shape index (κ3) is 8.31. The summed E-state index contributed by atoms with van der Waals surface area (Å²) in [6.07, 6.45) is 0. The summed E-state index contributed by atoms with van der Waals surface area (Å²) in [7, 11) is 6.39. The van der Waals surface area contributed by atoms with Gasteiger partial charge in [0, 0.05) is 0 Å². The van der Waals surface area contributed by atoms with E-state index in [4.69, 9.17) is 0 Å². The Morgan fingerprint density at radius 2 is 0.800 bits per heavy atom. The van der Waals surface area contributed by atoms with Crippen LogP contribution in [0, 0.1) is 20.8 Å². The molecular formula is C17H33N3. The van der Waals surface area contributed by atoms with Crippen molar-refractivity contribution in [2.45, 2.75) is 34.6 Å². The predicted octanol–water partition coefficient (Wildman–Crippen LogP) is 3.31. The van der Waals surface area contributed by atoms with E-state index in [0.29, 0.717) is 0 Å². The molecule has 0 saturated carbocycles. The molecule has 1 saturated heterocycles. The highest BCUT2D eigenvalue weighted by Crippen LogP contribution is 2.06. The molecule has 0 atom stereocenters. The van der Waals surface area contributed by atoms with Gasteiger partial charge in [0.15, 0.2) is 0 Å². The van der Waals surface area contributed by atoms with Crippen molar-refractivity contribution in [1.82, 2.24) is 14.7 Å². The lowest BCUT2D eigenvalue weighted by molar-refractivity contribution is 0.0149. The Kier molecular flexibility index (Phi) is 9.47. The number of benzene rings is 1. The number of aryl methyl sites for hydroxylation is 3. The SMILES string of the molecule is CC.CN1CN(C)CN(C)C1.Cc1cc(C)cc(C)c1. The average Bonchev–Trinajstić information content (AvgIpc) is 2.28. The molecule has 0 bridgehead atoms. The lowest BCUT2D eigenvalue weighted by Gasteiger charge is -2.36. The molecule has 2 rings (SSSR count). The summed E-state index contributed by atoms with van der Waals surface area (Å²) < 4.78 is 0. The first-order valence-electron chi connectivity index (χ1n) is 7.47. The zero-order chi connectivity index (χ0) is 15.7. The van der Waals surface area contributed by atoms with E-state index < -0.39 is 0 Å². The molecule has 3 nitrogen and oxygen atoms in total. The second-order valence-corrected chi connectivity index (χ2v) is 5.66. The van der Waals surface area contributed by atoms with Gasteiger partial charge in [-0.2, -0.15) is 0 Å². The van der Waals surface area contributed by atoms with Crippen LogP contribution in [0.5, 0.6) is 0 Å². The van der Waals surface area contributed by atoms with Crippen molar-refractivity contribution >= 4 is 0 Å². The van der Waals surface area contributed by atoms with Crippen molar-refractivity contribution < 1.29 is 0 Å². The third-order valence-electron chi connectivity index (χ3n) is 2.81. The van der Waals surface area contributed by atoms with Gasteiger partial charge in [-0.05, 0) is 41.9 Å². The number of hydrogen-bond acceptors (Lipinski definition) is 3. The van der Waals surface area contributed by atoms with E-state index in [-0.39, 0.29) is 0 Å². The minimum absolute atomic E-state index is 1.09. The van der Waals surface area contributed by atoms with Crippen LogP contribution in [0.3, 0.4) is 0 Å². The van der Waals surface area contributed by atoms with Crippen molar-refractivity contribution in [1.29, 1.82) is 0 Å². The van der Waals surface area contributed by atoms with Gasteiger partial charge >= 0.3 is 0 Å². The number of hydrogen-bond donors (Lipinski definition) is 0. The van der Waals surface area contributed by atoms with Crippen LogP contribution in [0.25, 0.3) is 0 Å². The molecular weight excluding hydrogens is 246 g/mol. The minimum Gasteiger partial charge on any atom is -0.280 e. The van der Waals surface area contributed by atoms with Crippen molar-refractivity contribution in [3.05, 3.63) is 34.9 Å². The van der Waals surface area contributed by atoms with Gasteiger partial charge in [0.25, 0.3) is 0 Å². The summed E-state index contributed by atoms with van der Waals surface area (Å²) in [4.78, 5) is 6.84. The minimum atomic E-state index is 1.09. The van der Waals surface area contributed by atoms with E-state index in [9.17, 15) is 0 Å². The lowest BCUT2D eigenvalue weighted by Crippen LogP contribution is -2.50. The van der Waals surface area contributed by atoms with E-state index in [0.717, 1.165) is 20.0 Å². The zero-order valence-corrected chi connectivity index (χ0v) is 14.7. The lowest BCUT2D eigenvalue weighted by atomic mass is 10.1. The van der Waals surface area contributed by atoms with Crippen LogP contribution < -0.4 is 0 Å². The maximum Gasteiger partial charge on any atom is 0.0523 e. The first kappa shape index (κ1) is 19.1. The zero-order valence-electron chi connectivity index (χ0n) is 14.7. The Morgan fingerprint density at radius 3 is 1.00 bits per heavy atom. The molecule has 0 aliphatic carbocycles. The molecule has 1 heterocycles. The summed E-state index contributed by atoms with van der Waals surface area (Å²) in [5.41, 5.74) is 4.06. The maximum atomic E-state index is 2.28. The van der Waals surface area contributed by atoms with E-state index >= 15 is 0 Å². The topological polar surface area (TPSA) is 9.72 Å². The molecule has 116 valence electrons. The standard InChI is InChI=1S/C9H12.C6H15N3.C2H6/c2*1-7-4-8(2)6-9(3)5-7;1-2/h4-6H,1-3H3;4-6H2,1-3H3;1-2H3. The van der Waals surface area contributed by atoms with Crippen LogP contribution in [0.15, 0.2) is 18.2 Å². The Morgan fingerprint density at radius 1 is 0.600 bits per heavy atom. The summed E-state index contributed by atoms with van der Waals surface area (Å²) >= 11 is 0. The predicted molar refractivity (Wildman–Crippen MR) is 89.9 cm³/mol. The molecule has 1 aliphatic rings. The van der Waals surface area contributed by atoms with Crippen molar-refractivity contribution in [3.63, 3.8) is 0 Å². The number of nitrogens with zero attached hydrogens (tertiary/aromatic N) is 3. The molecule has 0 radical (unpaired) electrons. The van der Waals surface area contributed by atoms with Gasteiger partial charge in [0.05, 0.1) is 20.0 Å². The largest absolute Gasteiger partial charge is 0.280 e. The second-order valence-electron chi connectivity index (χ2n) is 5.66. The molecule has 20 heavy (non-hydrogen) atoms. The molecule has 1 aliphatic heterocycles. The fourth-order valence-corrected chi connectivity index (χ4v) is 2.57. The highest BCUT2D eigenvalue weighted by molar-refractivity contribution is 5.27. The molecule has 1 aromatic carbocycles. The first-order chi connectivity index (χ1) is 9.36. The van der Waals surface area contributed by atoms with E-state index in [2.05, 4.69) is 74.8 Å². The van der Waals surface area contributed by atoms with Gasteiger partial charge in [-0.15, -0.1) is 0 Å². The van der Waals surface area contributed by atoms with Crippen LogP contribution in [0.2, 0.25) is 0 Å². The second kappa shape index (κ2) is 9.92.